The number of para-hydroxylation sites is 1. The second-order valence-corrected chi connectivity index (χ2v) is 11.3. The molecule has 1 heterocycles. The fraction of sp³-hybridized carbons (Fsp3) is 0.400. The van der Waals surface area contributed by atoms with E-state index in [0.717, 1.165) is 17.7 Å². The van der Waals surface area contributed by atoms with E-state index in [1.807, 2.05) is 32.0 Å². The number of rotatable bonds is 9. The van der Waals surface area contributed by atoms with Gasteiger partial charge in [-0.1, -0.05) is 24.3 Å². The Morgan fingerprint density at radius 1 is 1.10 bits per heavy atom. The number of fused-ring (bicyclic) bond motifs is 1. The van der Waals surface area contributed by atoms with E-state index in [9.17, 15) is 16.8 Å². The van der Waals surface area contributed by atoms with Crippen molar-refractivity contribution in [2.75, 3.05) is 12.4 Å². The maximum Gasteiger partial charge on any atom is 0.238 e. The summed E-state index contributed by atoms with van der Waals surface area (Å²) in [5.41, 5.74) is 1.43. The van der Waals surface area contributed by atoms with Crippen LogP contribution in [-0.4, -0.2) is 34.8 Å². The van der Waals surface area contributed by atoms with Crippen molar-refractivity contribution in [3.8, 4) is 11.5 Å². The Bertz CT molecular complexity index is 1110. The van der Waals surface area contributed by atoms with Gasteiger partial charge in [-0.15, -0.1) is 0 Å². The Morgan fingerprint density at radius 3 is 2.47 bits per heavy atom. The van der Waals surface area contributed by atoms with Crippen LogP contribution in [0.25, 0.3) is 0 Å². The molecular formula is C20H26N2O6S2. The molecule has 8 nitrogen and oxygen atoms in total. The quantitative estimate of drug-likeness (QED) is 0.558. The van der Waals surface area contributed by atoms with Gasteiger partial charge >= 0.3 is 0 Å². The van der Waals surface area contributed by atoms with Crippen LogP contribution in [0.15, 0.2) is 47.4 Å². The minimum absolute atomic E-state index is 0.0222. The highest BCUT2D eigenvalue weighted by atomic mass is 32.2. The zero-order valence-electron chi connectivity index (χ0n) is 16.9. The number of nitrogens with two attached hydrogens (primary N) is 1. The number of ether oxygens (including phenoxy) is 2. The number of primary sulfonamides is 1. The molecule has 0 bridgehead atoms. The summed E-state index contributed by atoms with van der Waals surface area (Å²) in [6, 6.07) is 11.4. The SMILES string of the molecule is CC1(C)Cc2cccc(OCCCS(=O)(=O)NCc3ccc(S(N)(=O)=O)cc3)c2O1. The lowest BCUT2D eigenvalue weighted by Gasteiger charge is -2.18. The molecule has 1 aliphatic rings. The first-order valence-corrected chi connectivity index (χ1v) is 12.7. The molecule has 30 heavy (non-hydrogen) atoms. The molecule has 2 aromatic carbocycles. The lowest BCUT2D eigenvalue weighted by Crippen LogP contribution is -2.27. The van der Waals surface area contributed by atoms with E-state index < -0.39 is 20.0 Å². The van der Waals surface area contributed by atoms with Crippen LogP contribution in [0, 0.1) is 0 Å². The molecule has 0 saturated carbocycles. The van der Waals surface area contributed by atoms with Crippen LogP contribution < -0.4 is 19.3 Å². The van der Waals surface area contributed by atoms with E-state index in [0.29, 0.717) is 17.7 Å². The highest BCUT2D eigenvalue weighted by molar-refractivity contribution is 7.89. The fourth-order valence-corrected chi connectivity index (χ4v) is 4.74. The van der Waals surface area contributed by atoms with E-state index in [2.05, 4.69) is 4.72 Å². The van der Waals surface area contributed by atoms with Crippen LogP contribution in [0.4, 0.5) is 0 Å². The second-order valence-electron chi connectivity index (χ2n) is 7.81. The molecule has 0 radical (unpaired) electrons. The smallest absolute Gasteiger partial charge is 0.238 e. The molecule has 2 aromatic rings. The molecule has 1 aliphatic heterocycles. The average molecular weight is 455 g/mol. The Hall–Kier alpha value is -2.14. The van der Waals surface area contributed by atoms with Gasteiger partial charge in [-0.25, -0.2) is 26.7 Å². The van der Waals surface area contributed by atoms with E-state index in [4.69, 9.17) is 14.6 Å². The summed E-state index contributed by atoms with van der Waals surface area (Å²) in [5.74, 6) is 1.26. The molecule has 0 aliphatic carbocycles. The van der Waals surface area contributed by atoms with Crippen LogP contribution in [-0.2, 0) is 33.0 Å². The number of hydrogen-bond donors (Lipinski definition) is 2. The maximum absolute atomic E-state index is 12.2. The molecule has 0 fully saturated rings. The van der Waals surface area contributed by atoms with Gasteiger partial charge in [0.05, 0.1) is 17.3 Å². The van der Waals surface area contributed by atoms with Gasteiger partial charge in [0.25, 0.3) is 0 Å². The van der Waals surface area contributed by atoms with Gasteiger partial charge in [0, 0.05) is 18.5 Å². The lowest BCUT2D eigenvalue weighted by molar-refractivity contribution is 0.132. The molecule has 0 atom stereocenters. The van der Waals surface area contributed by atoms with Crippen molar-refractivity contribution in [1.29, 1.82) is 0 Å². The largest absolute Gasteiger partial charge is 0.490 e. The normalized spacial score (nSPS) is 15.4. The first-order chi connectivity index (χ1) is 14.0. The van der Waals surface area contributed by atoms with Crippen molar-refractivity contribution in [3.63, 3.8) is 0 Å². The highest BCUT2D eigenvalue weighted by Crippen LogP contribution is 2.41. The van der Waals surface area contributed by atoms with Crippen LogP contribution in [0.2, 0.25) is 0 Å². The summed E-state index contributed by atoms with van der Waals surface area (Å²) in [7, 11) is -7.28. The van der Waals surface area contributed by atoms with Gasteiger partial charge < -0.3 is 9.47 Å². The standard InChI is InChI=1S/C20H26N2O6S2/c1-20(2)13-16-5-3-6-18(19(16)28-20)27-11-4-12-29(23,24)22-14-15-7-9-17(10-8-15)30(21,25)26/h3,5-10,22H,4,11-14H2,1-2H3,(H2,21,25,26). The van der Waals surface area contributed by atoms with Gasteiger partial charge in [0.15, 0.2) is 11.5 Å². The summed E-state index contributed by atoms with van der Waals surface area (Å²) < 4.78 is 61.1. The summed E-state index contributed by atoms with van der Waals surface area (Å²) in [4.78, 5) is -0.0222. The van der Waals surface area contributed by atoms with Crippen molar-refractivity contribution in [2.24, 2.45) is 5.14 Å². The first kappa shape index (κ1) is 22.5. The molecular weight excluding hydrogens is 428 g/mol. The molecule has 3 rings (SSSR count). The predicted molar refractivity (Wildman–Crippen MR) is 113 cm³/mol. The zero-order valence-corrected chi connectivity index (χ0v) is 18.6. The second kappa shape index (κ2) is 8.54. The summed E-state index contributed by atoms with van der Waals surface area (Å²) in [6.45, 7) is 4.32. The third-order valence-corrected chi connectivity index (χ3v) is 6.96. The third-order valence-electron chi connectivity index (χ3n) is 4.62. The van der Waals surface area contributed by atoms with Crippen LogP contribution in [0.1, 0.15) is 31.4 Å². The van der Waals surface area contributed by atoms with E-state index >= 15 is 0 Å². The molecule has 0 aromatic heterocycles. The Balaban J connectivity index is 1.47. The van der Waals surface area contributed by atoms with Gasteiger partial charge in [-0.2, -0.15) is 0 Å². The Kier molecular flexibility index (Phi) is 6.42. The minimum Gasteiger partial charge on any atom is -0.490 e. The third kappa shape index (κ3) is 5.94. The predicted octanol–water partition coefficient (Wildman–Crippen LogP) is 1.94. The van der Waals surface area contributed by atoms with Crippen molar-refractivity contribution in [2.45, 2.75) is 43.7 Å². The molecule has 0 amide bonds. The summed E-state index contributed by atoms with van der Waals surface area (Å²) >= 11 is 0. The van der Waals surface area contributed by atoms with Crippen molar-refractivity contribution >= 4 is 20.0 Å². The number of sulfonamides is 2. The number of nitrogens with one attached hydrogen (secondary N) is 1. The molecule has 0 unspecified atom stereocenters. The van der Waals surface area contributed by atoms with Crippen LogP contribution >= 0.6 is 0 Å². The summed E-state index contributed by atoms with van der Waals surface area (Å²) in [5, 5.41) is 5.04. The molecule has 3 N–H and O–H groups in total. The number of hydrogen-bond acceptors (Lipinski definition) is 6. The fourth-order valence-electron chi connectivity index (χ4n) is 3.19. The zero-order chi connectivity index (χ0) is 22.0. The molecule has 0 saturated heterocycles. The van der Waals surface area contributed by atoms with Crippen LogP contribution in [0.5, 0.6) is 11.5 Å². The van der Waals surface area contributed by atoms with E-state index in [1.54, 1.807) is 0 Å². The van der Waals surface area contributed by atoms with Crippen molar-refractivity contribution in [1.82, 2.24) is 4.72 Å². The van der Waals surface area contributed by atoms with Gasteiger partial charge in [0.1, 0.15) is 5.60 Å². The highest BCUT2D eigenvalue weighted by Gasteiger charge is 2.32. The average Bonchev–Trinajstić information content (AvgIpc) is 2.98. The van der Waals surface area contributed by atoms with Crippen LogP contribution in [0.3, 0.4) is 0 Å². The molecule has 164 valence electrons. The van der Waals surface area contributed by atoms with Gasteiger partial charge in [0.2, 0.25) is 20.0 Å². The monoisotopic (exact) mass is 454 g/mol. The first-order valence-electron chi connectivity index (χ1n) is 9.48. The molecule has 0 spiro atoms. The van der Waals surface area contributed by atoms with Gasteiger partial charge in [-0.05, 0) is 44.0 Å². The minimum atomic E-state index is -3.77. The van der Waals surface area contributed by atoms with E-state index in [1.165, 1.54) is 24.3 Å². The Labute approximate surface area is 177 Å². The Morgan fingerprint density at radius 2 is 1.80 bits per heavy atom. The van der Waals surface area contributed by atoms with Crippen molar-refractivity contribution < 1.29 is 26.3 Å². The maximum atomic E-state index is 12.2. The van der Waals surface area contributed by atoms with Crippen molar-refractivity contribution in [3.05, 3.63) is 53.6 Å². The topological polar surface area (TPSA) is 125 Å². The summed E-state index contributed by atoms with van der Waals surface area (Å²) in [6.07, 6.45) is 1.11. The lowest BCUT2D eigenvalue weighted by atomic mass is 10.0. The van der Waals surface area contributed by atoms with Gasteiger partial charge in [-0.3, -0.25) is 0 Å². The molecule has 10 heteroatoms. The number of benzene rings is 2. The van der Waals surface area contributed by atoms with E-state index in [-0.39, 0.29) is 29.4 Å².